The van der Waals surface area contributed by atoms with Crippen LogP contribution in [0.3, 0.4) is 0 Å². The summed E-state index contributed by atoms with van der Waals surface area (Å²) in [6.45, 7) is 16.8. The molecule has 0 N–H and O–H groups in total. The molecule has 11 atom stereocenters. The second-order valence-corrected chi connectivity index (χ2v) is 15.1. The smallest absolute Gasteiger partial charge is 0.312 e. The highest BCUT2D eigenvalue weighted by Crippen LogP contribution is 2.75. The van der Waals surface area contributed by atoms with Gasteiger partial charge in [0.25, 0.3) is 0 Å². The molecule has 5 aliphatic rings. The zero-order valence-electron chi connectivity index (χ0n) is 23.4. The third-order valence-corrected chi connectivity index (χ3v) is 14.3. The summed E-state index contributed by atoms with van der Waals surface area (Å²) < 4.78 is 5.34. The highest BCUT2D eigenvalue weighted by molar-refractivity contribution is 7.81. The maximum Gasteiger partial charge on any atom is 0.312 e. The van der Waals surface area contributed by atoms with Gasteiger partial charge in [0.05, 0.1) is 12.5 Å². The molecule has 196 valence electrons. The first-order chi connectivity index (χ1) is 16.2. The Morgan fingerprint density at radius 1 is 1.00 bits per heavy atom. The lowest BCUT2D eigenvalue weighted by Crippen LogP contribution is -2.68. The predicted octanol–water partition coefficient (Wildman–Crippen LogP) is 7.29. The lowest BCUT2D eigenvalue weighted by atomic mass is 9.33. The number of ketones is 1. The summed E-state index contributed by atoms with van der Waals surface area (Å²) in [5, 5.41) is -0.282. The first-order valence-electron chi connectivity index (χ1n) is 14.2. The number of fused-ring (bicyclic) bond motifs is 7. The fraction of sp³-hybridized carbons (Fsp3) is 0.871. The molecule has 0 heterocycles. The summed E-state index contributed by atoms with van der Waals surface area (Å²) in [6.07, 6.45) is 11.1. The lowest BCUT2D eigenvalue weighted by molar-refractivity contribution is -0.197. The van der Waals surface area contributed by atoms with Gasteiger partial charge >= 0.3 is 5.97 Å². The Morgan fingerprint density at radius 3 is 2.34 bits per heavy atom. The summed E-state index contributed by atoms with van der Waals surface area (Å²) >= 11 is 4.82. The third kappa shape index (κ3) is 2.98. The van der Waals surface area contributed by atoms with Gasteiger partial charge in [0, 0.05) is 17.1 Å². The number of rotatable bonds is 1. The maximum absolute atomic E-state index is 14.0. The van der Waals surface area contributed by atoms with Crippen molar-refractivity contribution < 1.29 is 14.3 Å². The van der Waals surface area contributed by atoms with E-state index < -0.39 is 10.8 Å². The zero-order chi connectivity index (χ0) is 25.8. The van der Waals surface area contributed by atoms with E-state index in [0.717, 1.165) is 25.2 Å². The SMILES string of the molecule is COC(=O)C1(C)C2CC[C@]3(C)[C@H](CC=C4[C@@H]5[C@@H](C)[C@H](C)CC[C@]5(C)CC[C@]43C)[C@@]2(C)C(=O)C[C@H]1S. The average Bonchev–Trinajstić information content (AvgIpc) is 2.81. The number of carbonyl (C=O) groups excluding carboxylic acids is 2. The topological polar surface area (TPSA) is 43.4 Å². The van der Waals surface area contributed by atoms with Crippen LogP contribution in [0.25, 0.3) is 0 Å². The quantitative estimate of drug-likeness (QED) is 0.233. The molecule has 0 aromatic heterocycles. The van der Waals surface area contributed by atoms with E-state index in [1.54, 1.807) is 5.57 Å². The fourth-order valence-electron chi connectivity index (χ4n) is 10.8. The van der Waals surface area contributed by atoms with Crippen LogP contribution in [0.1, 0.15) is 99.8 Å². The molecular weight excluding hydrogens is 452 g/mol. The molecule has 0 spiro atoms. The van der Waals surface area contributed by atoms with E-state index in [2.05, 4.69) is 47.6 Å². The molecule has 2 unspecified atom stereocenters. The van der Waals surface area contributed by atoms with Gasteiger partial charge in [-0.1, -0.05) is 53.2 Å². The van der Waals surface area contributed by atoms with Crippen LogP contribution in [0.2, 0.25) is 0 Å². The van der Waals surface area contributed by atoms with Gasteiger partial charge < -0.3 is 4.74 Å². The molecule has 0 aliphatic heterocycles. The van der Waals surface area contributed by atoms with Crippen LogP contribution < -0.4 is 0 Å². The molecule has 0 aromatic rings. The second kappa shape index (κ2) is 7.87. The van der Waals surface area contributed by atoms with Crippen LogP contribution in [0.5, 0.6) is 0 Å². The molecule has 3 nitrogen and oxygen atoms in total. The summed E-state index contributed by atoms with van der Waals surface area (Å²) in [5.41, 5.74) is 1.04. The molecular formula is C31H48O3S. The van der Waals surface area contributed by atoms with Gasteiger partial charge in [0.15, 0.2) is 0 Å². The summed E-state index contributed by atoms with van der Waals surface area (Å²) in [6, 6.07) is 0. The van der Waals surface area contributed by atoms with Crippen molar-refractivity contribution in [3.63, 3.8) is 0 Å². The van der Waals surface area contributed by atoms with Gasteiger partial charge in [-0.2, -0.15) is 12.6 Å². The molecule has 0 saturated heterocycles. The molecule has 5 aliphatic carbocycles. The molecule has 0 amide bonds. The van der Waals surface area contributed by atoms with Gasteiger partial charge in [-0.15, -0.1) is 0 Å². The minimum absolute atomic E-state index is 0.0229. The monoisotopic (exact) mass is 500 g/mol. The van der Waals surface area contributed by atoms with Gasteiger partial charge in [-0.05, 0) is 97.7 Å². The van der Waals surface area contributed by atoms with Crippen LogP contribution in [-0.2, 0) is 14.3 Å². The maximum atomic E-state index is 14.0. The van der Waals surface area contributed by atoms with Crippen LogP contribution in [-0.4, -0.2) is 24.1 Å². The number of hydrogen-bond donors (Lipinski definition) is 1. The van der Waals surface area contributed by atoms with Crippen molar-refractivity contribution in [3.05, 3.63) is 11.6 Å². The minimum Gasteiger partial charge on any atom is -0.469 e. The van der Waals surface area contributed by atoms with Crippen molar-refractivity contribution in [2.75, 3.05) is 7.11 Å². The van der Waals surface area contributed by atoms with E-state index in [1.807, 2.05) is 6.92 Å². The Labute approximate surface area is 219 Å². The summed E-state index contributed by atoms with van der Waals surface area (Å²) in [5.74, 6) is 2.48. The molecule has 4 saturated carbocycles. The standard InChI is InChI=1S/C31H48O3S/c1-18-11-13-27(3)15-16-28(4)20(25(27)19(18)2)9-10-21-29(28,5)14-12-22-30(21,6)23(32)17-24(35)31(22,7)26(33)34-8/h9,18-19,21-22,24-25,35H,10-17H2,1-8H3/t18-,19+,21+,22?,24-,25+,27-,28-,29-,30-,31?/m1/s1. The van der Waals surface area contributed by atoms with Crippen LogP contribution in [0.4, 0.5) is 0 Å². The zero-order valence-corrected chi connectivity index (χ0v) is 24.3. The lowest BCUT2D eigenvalue weighted by Gasteiger charge is -2.70. The predicted molar refractivity (Wildman–Crippen MR) is 144 cm³/mol. The number of carbonyl (C=O) groups is 2. The number of Topliss-reactive ketones (excluding diaryl/α,β-unsaturated/α-hetero) is 1. The minimum atomic E-state index is -0.731. The Morgan fingerprint density at radius 2 is 1.69 bits per heavy atom. The van der Waals surface area contributed by atoms with Crippen LogP contribution in [0.15, 0.2) is 11.6 Å². The first kappa shape index (κ1) is 25.9. The van der Waals surface area contributed by atoms with Crippen molar-refractivity contribution in [2.24, 2.45) is 56.7 Å². The van der Waals surface area contributed by atoms with E-state index in [1.165, 1.54) is 32.8 Å². The molecule has 0 radical (unpaired) electrons. The van der Waals surface area contributed by atoms with Crippen LogP contribution in [0, 0.1) is 56.7 Å². The fourth-order valence-corrected chi connectivity index (χ4v) is 11.2. The van der Waals surface area contributed by atoms with Crippen LogP contribution >= 0.6 is 12.6 Å². The molecule has 0 aromatic carbocycles. The molecule has 35 heavy (non-hydrogen) atoms. The number of hydrogen-bond acceptors (Lipinski definition) is 4. The average molecular weight is 501 g/mol. The Hall–Kier alpha value is -0.770. The van der Waals surface area contributed by atoms with E-state index >= 15 is 0 Å². The van der Waals surface area contributed by atoms with E-state index in [-0.39, 0.29) is 33.9 Å². The molecule has 0 bridgehead atoms. The van der Waals surface area contributed by atoms with Crippen molar-refractivity contribution in [1.82, 2.24) is 0 Å². The van der Waals surface area contributed by atoms with Crippen molar-refractivity contribution in [1.29, 1.82) is 0 Å². The molecule has 5 rings (SSSR count). The van der Waals surface area contributed by atoms with Crippen molar-refractivity contribution in [2.45, 2.75) is 105 Å². The first-order valence-corrected chi connectivity index (χ1v) is 14.7. The number of methoxy groups -OCH3 is 1. The largest absolute Gasteiger partial charge is 0.469 e. The second-order valence-electron chi connectivity index (χ2n) is 14.5. The number of ether oxygens (including phenoxy) is 1. The number of esters is 1. The van der Waals surface area contributed by atoms with Crippen molar-refractivity contribution in [3.8, 4) is 0 Å². The van der Waals surface area contributed by atoms with Gasteiger partial charge in [-0.25, -0.2) is 0 Å². The Kier molecular flexibility index (Phi) is 5.81. The molecule has 4 fully saturated rings. The molecule has 4 heteroatoms. The number of allylic oxidation sites excluding steroid dienone is 2. The summed E-state index contributed by atoms with van der Waals surface area (Å²) in [7, 11) is 1.48. The van der Waals surface area contributed by atoms with E-state index in [0.29, 0.717) is 29.5 Å². The summed E-state index contributed by atoms with van der Waals surface area (Å²) in [4.78, 5) is 27.2. The van der Waals surface area contributed by atoms with E-state index in [4.69, 9.17) is 17.4 Å². The van der Waals surface area contributed by atoms with E-state index in [9.17, 15) is 9.59 Å². The van der Waals surface area contributed by atoms with Gasteiger partial charge in [0.2, 0.25) is 0 Å². The third-order valence-electron chi connectivity index (χ3n) is 13.5. The Balaban J connectivity index is 1.62. The van der Waals surface area contributed by atoms with Crippen molar-refractivity contribution >= 4 is 24.4 Å². The number of thiol groups is 1. The Bertz CT molecular complexity index is 972. The highest BCUT2D eigenvalue weighted by atomic mass is 32.1. The van der Waals surface area contributed by atoms with Gasteiger partial charge in [-0.3, -0.25) is 9.59 Å². The van der Waals surface area contributed by atoms with Gasteiger partial charge in [0.1, 0.15) is 5.78 Å². The normalized spacial score (nSPS) is 55.6. The highest BCUT2D eigenvalue weighted by Gasteiger charge is 2.71.